The average Bonchev–Trinajstić information content (AvgIpc) is 2.70. The molecule has 2 N–H and O–H groups in total. The molecule has 84 valence electrons. The van der Waals surface area contributed by atoms with E-state index in [0.29, 0.717) is 23.4 Å². The van der Waals surface area contributed by atoms with Gasteiger partial charge < -0.3 is 14.6 Å². The molecule has 2 aromatic rings. The molecule has 0 spiro atoms. The van der Waals surface area contributed by atoms with Crippen LogP contribution in [0.4, 0.5) is 0 Å². The van der Waals surface area contributed by atoms with E-state index in [1.54, 1.807) is 12.1 Å². The third kappa shape index (κ3) is 1.65. The number of rotatable bonds is 3. The Morgan fingerprint density at radius 3 is 2.94 bits per heavy atom. The lowest BCUT2D eigenvalue weighted by Gasteiger charge is -2.04. The topological polar surface area (TPSA) is 83.6 Å². The lowest BCUT2D eigenvalue weighted by atomic mass is 10.1. The first-order valence-corrected chi connectivity index (χ1v) is 4.92. The fourth-order valence-electron chi connectivity index (χ4n) is 1.52. The molecule has 1 aromatic carbocycles. The predicted octanol–water partition coefficient (Wildman–Crippen LogP) is 1.51. The minimum atomic E-state index is -1.58. The molecule has 1 unspecified atom stereocenters. The molecule has 0 fully saturated rings. The highest BCUT2D eigenvalue weighted by atomic mass is 16.4. The molecule has 1 heterocycles. The van der Waals surface area contributed by atoms with Gasteiger partial charge in [0.2, 0.25) is 0 Å². The van der Waals surface area contributed by atoms with Crippen molar-refractivity contribution >= 4 is 17.1 Å². The number of hydrogen-bond donors (Lipinski definition) is 2. The highest BCUT2D eigenvalue weighted by Gasteiger charge is 2.21. The highest BCUT2D eigenvalue weighted by molar-refractivity contribution is 5.83. The zero-order chi connectivity index (χ0) is 11.7. The number of para-hydroxylation sites is 1. The summed E-state index contributed by atoms with van der Waals surface area (Å²) in [5.41, 5.74) is 1.14. The number of aliphatic carboxylic acids is 1. The second kappa shape index (κ2) is 3.94. The number of carboxylic acid groups (broad SMARTS) is 1. The summed E-state index contributed by atoms with van der Waals surface area (Å²) < 4.78 is 5.39. The van der Waals surface area contributed by atoms with Crippen LogP contribution < -0.4 is 0 Å². The van der Waals surface area contributed by atoms with Gasteiger partial charge in [0.15, 0.2) is 17.6 Å². The molecule has 0 saturated heterocycles. The van der Waals surface area contributed by atoms with Gasteiger partial charge in [0.1, 0.15) is 5.52 Å². The Balaban J connectivity index is 2.60. The van der Waals surface area contributed by atoms with Crippen LogP contribution in [0.5, 0.6) is 0 Å². The van der Waals surface area contributed by atoms with Gasteiger partial charge in [-0.2, -0.15) is 0 Å². The first-order valence-electron chi connectivity index (χ1n) is 4.92. The predicted molar refractivity (Wildman–Crippen MR) is 56.0 cm³/mol. The van der Waals surface area contributed by atoms with E-state index in [1.165, 1.54) is 6.07 Å². The number of carboxylic acids is 1. The Bertz CT molecular complexity index is 532. The third-order valence-electron chi connectivity index (χ3n) is 2.32. The van der Waals surface area contributed by atoms with Crippen molar-refractivity contribution in [1.82, 2.24) is 4.98 Å². The maximum Gasteiger partial charge on any atom is 0.337 e. The number of aliphatic hydroxyl groups is 1. The van der Waals surface area contributed by atoms with Gasteiger partial charge in [-0.25, -0.2) is 9.78 Å². The summed E-state index contributed by atoms with van der Waals surface area (Å²) in [7, 11) is 0. The average molecular weight is 221 g/mol. The normalized spacial score (nSPS) is 12.9. The van der Waals surface area contributed by atoms with Crippen molar-refractivity contribution in [2.75, 3.05) is 0 Å². The van der Waals surface area contributed by atoms with Crippen molar-refractivity contribution in [3.63, 3.8) is 0 Å². The Kier molecular flexibility index (Phi) is 2.62. The van der Waals surface area contributed by atoms with Crippen molar-refractivity contribution in [2.24, 2.45) is 0 Å². The van der Waals surface area contributed by atoms with E-state index in [4.69, 9.17) is 9.52 Å². The second-order valence-electron chi connectivity index (χ2n) is 3.40. The molecule has 2 rings (SSSR count). The van der Waals surface area contributed by atoms with Crippen LogP contribution in [0, 0.1) is 0 Å². The van der Waals surface area contributed by atoms with Crippen LogP contribution in [0.3, 0.4) is 0 Å². The molecule has 16 heavy (non-hydrogen) atoms. The second-order valence-corrected chi connectivity index (χ2v) is 3.40. The Labute approximate surface area is 91.3 Å². The Morgan fingerprint density at radius 1 is 1.56 bits per heavy atom. The summed E-state index contributed by atoms with van der Waals surface area (Å²) in [5, 5.41) is 18.2. The fraction of sp³-hybridized carbons (Fsp3) is 0.273. The van der Waals surface area contributed by atoms with Gasteiger partial charge in [0, 0.05) is 12.0 Å². The molecule has 1 atom stereocenters. The van der Waals surface area contributed by atoms with E-state index in [1.807, 2.05) is 6.92 Å². The van der Waals surface area contributed by atoms with Crippen LogP contribution in [0.15, 0.2) is 22.6 Å². The lowest BCUT2D eigenvalue weighted by molar-refractivity contribution is -0.146. The standard InChI is InChI=1S/C11H11NO4/c1-2-8-12-7-5-3-4-6(10(7)16-8)9(13)11(14)15/h3-5,9,13H,2H2,1H3,(H,14,15). The highest BCUT2D eigenvalue weighted by Crippen LogP contribution is 2.25. The van der Waals surface area contributed by atoms with E-state index in [0.717, 1.165) is 0 Å². The molecule has 0 bridgehead atoms. The number of aliphatic hydroxyl groups excluding tert-OH is 1. The number of benzene rings is 1. The summed E-state index contributed by atoms with van der Waals surface area (Å²) in [6, 6.07) is 4.88. The van der Waals surface area contributed by atoms with Crippen molar-refractivity contribution in [3.05, 3.63) is 29.7 Å². The SMILES string of the molecule is CCc1nc2cccc(C(O)C(=O)O)c2o1. The summed E-state index contributed by atoms with van der Waals surface area (Å²) in [6.45, 7) is 1.89. The molecular weight excluding hydrogens is 210 g/mol. The number of oxazole rings is 1. The molecule has 0 saturated carbocycles. The summed E-state index contributed by atoms with van der Waals surface area (Å²) >= 11 is 0. The number of carbonyl (C=O) groups is 1. The summed E-state index contributed by atoms with van der Waals surface area (Å²) in [5.74, 6) is -0.776. The van der Waals surface area contributed by atoms with Crippen molar-refractivity contribution < 1.29 is 19.4 Å². The molecule has 0 amide bonds. The lowest BCUT2D eigenvalue weighted by Crippen LogP contribution is -2.10. The van der Waals surface area contributed by atoms with Gasteiger partial charge in [-0.05, 0) is 6.07 Å². The largest absolute Gasteiger partial charge is 0.479 e. The van der Waals surface area contributed by atoms with Gasteiger partial charge in [-0.3, -0.25) is 0 Å². The first kappa shape index (κ1) is 10.6. The quantitative estimate of drug-likeness (QED) is 0.820. The van der Waals surface area contributed by atoms with Gasteiger partial charge >= 0.3 is 5.97 Å². The Morgan fingerprint density at radius 2 is 2.31 bits per heavy atom. The van der Waals surface area contributed by atoms with Crippen LogP contribution in [0.25, 0.3) is 11.1 Å². The molecule has 0 aliphatic rings. The van der Waals surface area contributed by atoms with Crippen molar-refractivity contribution in [3.8, 4) is 0 Å². The van der Waals surface area contributed by atoms with E-state index in [2.05, 4.69) is 4.98 Å². The molecule has 5 heteroatoms. The van der Waals surface area contributed by atoms with Crippen LogP contribution in [0.1, 0.15) is 24.5 Å². The minimum absolute atomic E-state index is 0.234. The number of fused-ring (bicyclic) bond motifs is 1. The number of aryl methyl sites for hydroxylation is 1. The minimum Gasteiger partial charge on any atom is -0.479 e. The fourth-order valence-corrected chi connectivity index (χ4v) is 1.52. The number of nitrogens with zero attached hydrogens (tertiary/aromatic N) is 1. The summed E-state index contributed by atoms with van der Waals surface area (Å²) in [4.78, 5) is 14.9. The molecule has 1 aromatic heterocycles. The van der Waals surface area contributed by atoms with Gasteiger partial charge in [0.05, 0.1) is 0 Å². The maximum atomic E-state index is 10.7. The van der Waals surface area contributed by atoms with E-state index in [-0.39, 0.29) is 5.56 Å². The Hall–Kier alpha value is -1.88. The van der Waals surface area contributed by atoms with E-state index < -0.39 is 12.1 Å². The van der Waals surface area contributed by atoms with Gasteiger partial charge in [-0.1, -0.05) is 19.1 Å². The molecule has 5 nitrogen and oxygen atoms in total. The zero-order valence-corrected chi connectivity index (χ0v) is 8.67. The van der Waals surface area contributed by atoms with Crippen LogP contribution in [-0.2, 0) is 11.2 Å². The third-order valence-corrected chi connectivity index (χ3v) is 2.32. The van der Waals surface area contributed by atoms with E-state index in [9.17, 15) is 9.90 Å². The molecule has 0 radical (unpaired) electrons. The first-order chi connectivity index (χ1) is 7.63. The molecule has 0 aliphatic heterocycles. The smallest absolute Gasteiger partial charge is 0.337 e. The number of hydrogen-bond acceptors (Lipinski definition) is 4. The van der Waals surface area contributed by atoms with Crippen LogP contribution >= 0.6 is 0 Å². The van der Waals surface area contributed by atoms with Crippen LogP contribution in [-0.4, -0.2) is 21.2 Å². The van der Waals surface area contributed by atoms with Gasteiger partial charge in [0.25, 0.3) is 0 Å². The zero-order valence-electron chi connectivity index (χ0n) is 8.67. The van der Waals surface area contributed by atoms with Crippen molar-refractivity contribution in [1.29, 1.82) is 0 Å². The van der Waals surface area contributed by atoms with Crippen LogP contribution in [0.2, 0.25) is 0 Å². The van der Waals surface area contributed by atoms with Crippen molar-refractivity contribution in [2.45, 2.75) is 19.4 Å². The monoisotopic (exact) mass is 221 g/mol. The maximum absolute atomic E-state index is 10.7. The molecular formula is C11H11NO4. The molecule has 0 aliphatic carbocycles. The summed E-state index contributed by atoms with van der Waals surface area (Å²) in [6.07, 6.45) is -0.960. The van der Waals surface area contributed by atoms with Gasteiger partial charge in [-0.15, -0.1) is 0 Å². The number of aromatic nitrogens is 1. The van der Waals surface area contributed by atoms with E-state index >= 15 is 0 Å².